The number of hydrogen-bond acceptors (Lipinski definition) is 3. The summed E-state index contributed by atoms with van der Waals surface area (Å²) in [6.45, 7) is 1.74. The first-order valence-electron chi connectivity index (χ1n) is 4.48. The van der Waals surface area contributed by atoms with Gasteiger partial charge in [-0.25, -0.2) is 4.31 Å². The van der Waals surface area contributed by atoms with E-state index in [1.165, 1.54) is 11.9 Å². The van der Waals surface area contributed by atoms with Crippen molar-refractivity contribution in [3.05, 3.63) is 23.2 Å². The van der Waals surface area contributed by atoms with Crippen LogP contribution in [0, 0.1) is 0 Å². The molecule has 1 atom stereocenters. The number of carbonyl (C=O) groups excluding carboxylic acids is 1. The van der Waals surface area contributed by atoms with Crippen molar-refractivity contribution < 1.29 is 9.53 Å². The van der Waals surface area contributed by atoms with Crippen molar-refractivity contribution in [2.75, 3.05) is 10.6 Å². The number of ether oxygens (including phenoxy) is 1. The van der Waals surface area contributed by atoms with Gasteiger partial charge in [0.05, 0.1) is 5.69 Å². The Labute approximate surface area is 97.5 Å². The number of halogens is 1. The van der Waals surface area contributed by atoms with E-state index in [1.807, 2.05) is 6.26 Å². The van der Waals surface area contributed by atoms with Crippen molar-refractivity contribution in [1.29, 1.82) is 0 Å². The molecular formula is C10H10ClNO2S. The van der Waals surface area contributed by atoms with Crippen LogP contribution >= 0.6 is 23.5 Å². The van der Waals surface area contributed by atoms with Crippen LogP contribution < -0.4 is 9.04 Å². The fourth-order valence-electron chi connectivity index (χ4n) is 1.46. The maximum Gasteiger partial charge on any atom is 0.277 e. The molecule has 3 nitrogen and oxygen atoms in total. The van der Waals surface area contributed by atoms with E-state index in [9.17, 15) is 4.79 Å². The molecule has 1 aromatic rings. The summed E-state index contributed by atoms with van der Waals surface area (Å²) in [6.07, 6.45) is 1.41. The largest absolute Gasteiger partial charge is 0.479 e. The van der Waals surface area contributed by atoms with Crippen LogP contribution in [0.1, 0.15) is 6.92 Å². The van der Waals surface area contributed by atoms with Gasteiger partial charge < -0.3 is 4.74 Å². The topological polar surface area (TPSA) is 29.5 Å². The van der Waals surface area contributed by atoms with E-state index in [1.54, 1.807) is 29.4 Å². The van der Waals surface area contributed by atoms with Crippen LogP contribution in [0.15, 0.2) is 18.2 Å². The molecule has 1 heterocycles. The van der Waals surface area contributed by atoms with E-state index < -0.39 is 6.10 Å². The minimum Gasteiger partial charge on any atom is -0.479 e. The summed E-state index contributed by atoms with van der Waals surface area (Å²) in [6, 6.07) is 5.27. The second-order valence-corrected chi connectivity index (χ2v) is 4.35. The lowest BCUT2D eigenvalue weighted by Crippen LogP contribution is -2.40. The van der Waals surface area contributed by atoms with Gasteiger partial charge >= 0.3 is 0 Å². The quantitative estimate of drug-likeness (QED) is 0.711. The van der Waals surface area contributed by atoms with Crippen molar-refractivity contribution in [3.63, 3.8) is 0 Å². The number of fused-ring (bicyclic) bond motifs is 1. The molecule has 1 unspecified atom stereocenters. The van der Waals surface area contributed by atoms with Crippen LogP contribution in [0.3, 0.4) is 0 Å². The van der Waals surface area contributed by atoms with Crippen molar-refractivity contribution in [2.45, 2.75) is 13.0 Å². The summed E-state index contributed by atoms with van der Waals surface area (Å²) in [7, 11) is 0. The Bertz CT molecular complexity index is 410. The summed E-state index contributed by atoms with van der Waals surface area (Å²) in [5, 5.41) is 0.596. The molecule has 1 aliphatic rings. The number of benzene rings is 1. The number of amides is 1. The smallest absolute Gasteiger partial charge is 0.277 e. The van der Waals surface area contributed by atoms with Crippen LogP contribution in [-0.2, 0) is 4.79 Å². The Balaban J connectivity index is 2.51. The molecule has 0 fully saturated rings. The molecule has 0 N–H and O–H groups in total. The number of rotatable bonds is 1. The van der Waals surface area contributed by atoms with Gasteiger partial charge in [-0.3, -0.25) is 4.79 Å². The Morgan fingerprint density at radius 3 is 2.93 bits per heavy atom. The van der Waals surface area contributed by atoms with Gasteiger partial charge in [-0.15, -0.1) is 0 Å². The standard InChI is InChI=1S/C10H10ClNO2S/c1-6-10(13)12(15-2)8-5-7(11)3-4-9(8)14-6/h3-6H,1-2H3. The highest BCUT2D eigenvalue weighted by atomic mass is 35.5. The van der Waals surface area contributed by atoms with Crippen LogP contribution in [0.2, 0.25) is 5.02 Å². The highest BCUT2D eigenvalue weighted by molar-refractivity contribution is 8.00. The molecule has 0 saturated carbocycles. The van der Waals surface area contributed by atoms with Crippen LogP contribution in [-0.4, -0.2) is 18.3 Å². The van der Waals surface area contributed by atoms with Gasteiger partial charge in [0, 0.05) is 11.3 Å². The number of hydrogen-bond donors (Lipinski definition) is 0. The second kappa shape index (κ2) is 3.94. The zero-order valence-electron chi connectivity index (χ0n) is 8.36. The van der Waals surface area contributed by atoms with E-state index in [0.29, 0.717) is 10.8 Å². The van der Waals surface area contributed by atoms with Crippen molar-refractivity contribution in [2.24, 2.45) is 0 Å². The maximum absolute atomic E-state index is 11.8. The van der Waals surface area contributed by atoms with Gasteiger partial charge in [-0.1, -0.05) is 11.6 Å². The first kappa shape index (κ1) is 10.6. The molecule has 1 amide bonds. The van der Waals surface area contributed by atoms with E-state index in [2.05, 4.69) is 0 Å². The lowest BCUT2D eigenvalue weighted by atomic mass is 10.2. The zero-order chi connectivity index (χ0) is 11.0. The minimum atomic E-state index is -0.439. The van der Waals surface area contributed by atoms with Gasteiger partial charge in [-0.05, 0) is 37.1 Å². The summed E-state index contributed by atoms with van der Waals surface area (Å²) < 4.78 is 7.07. The van der Waals surface area contributed by atoms with Crippen molar-refractivity contribution >= 4 is 35.1 Å². The van der Waals surface area contributed by atoms with E-state index in [0.717, 1.165) is 5.69 Å². The molecule has 0 aromatic heterocycles. The molecule has 0 bridgehead atoms. The number of nitrogens with zero attached hydrogens (tertiary/aromatic N) is 1. The lowest BCUT2D eigenvalue weighted by molar-refractivity contribution is -0.124. The molecule has 15 heavy (non-hydrogen) atoms. The normalized spacial score (nSPS) is 19.8. The molecule has 80 valence electrons. The Hall–Kier alpha value is -0.870. The molecule has 5 heteroatoms. The van der Waals surface area contributed by atoms with Gasteiger partial charge in [0.1, 0.15) is 5.75 Å². The minimum absolute atomic E-state index is 0.0581. The first-order valence-corrected chi connectivity index (χ1v) is 6.03. The average Bonchev–Trinajstić information content (AvgIpc) is 2.21. The van der Waals surface area contributed by atoms with Gasteiger partial charge in [0.2, 0.25) is 0 Å². The molecular weight excluding hydrogens is 234 g/mol. The fraction of sp³-hybridized carbons (Fsp3) is 0.300. The van der Waals surface area contributed by atoms with E-state index in [-0.39, 0.29) is 5.91 Å². The summed E-state index contributed by atoms with van der Waals surface area (Å²) in [4.78, 5) is 11.8. The second-order valence-electron chi connectivity index (χ2n) is 3.19. The Morgan fingerprint density at radius 2 is 2.27 bits per heavy atom. The highest BCUT2D eigenvalue weighted by Gasteiger charge is 2.31. The van der Waals surface area contributed by atoms with Crippen LogP contribution in [0.4, 0.5) is 5.69 Å². The van der Waals surface area contributed by atoms with Crippen LogP contribution in [0.5, 0.6) is 5.75 Å². The molecule has 1 aromatic carbocycles. The predicted molar refractivity (Wildman–Crippen MR) is 62.5 cm³/mol. The monoisotopic (exact) mass is 243 g/mol. The number of anilines is 1. The van der Waals surface area contributed by atoms with E-state index >= 15 is 0 Å². The summed E-state index contributed by atoms with van der Waals surface area (Å²) >= 11 is 7.23. The molecule has 1 aliphatic heterocycles. The fourth-order valence-corrected chi connectivity index (χ4v) is 2.30. The van der Waals surface area contributed by atoms with Crippen molar-refractivity contribution in [3.8, 4) is 5.75 Å². The Morgan fingerprint density at radius 1 is 1.53 bits per heavy atom. The zero-order valence-corrected chi connectivity index (χ0v) is 9.93. The summed E-state index contributed by atoms with van der Waals surface area (Å²) in [5.41, 5.74) is 0.720. The predicted octanol–water partition coefficient (Wildman–Crippen LogP) is 2.73. The summed E-state index contributed by atoms with van der Waals surface area (Å²) in [5.74, 6) is 0.637. The lowest BCUT2D eigenvalue weighted by Gasteiger charge is -2.31. The third kappa shape index (κ3) is 1.79. The van der Waals surface area contributed by atoms with Gasteiger partial charge in [0.15, 0.2) is 6.10 Å². The van der Waals surface area contributed by atoms with Crippen LogP contribution in [0.25, 0.3) is 0 Å². The Kier molecular flexibility index (Phi) is 2.80. The molecule has 0 saturated heterocycles. The third-order valence-electron chi connectivity index (χ3n) is 2.17. The molecule has 0 aliphatic carbocycles. The molecule has 0 radical (unpaired) electrons. The molecule has 0 spiro atoms. The first-order chi connectivity index (χ1) is 7.13. The SMILES string of the molecule is CSN1C(=O)C(C)Oc2ccc(Cl)cc21. The average molecular weight is 244 g/mol. The van der Waals surface area contributed by atoms with Crippen molar-refractivity contribution in [1.82, 2.24) is 0 Å². The van der Waals surface area contributed by atoms with E-state index in [4.69, 9.17) is 16.3 Å². The van der Waals surface area contributed by atoms with Gasteiger partial charge in [-0.2, -0.15) is 0 Å². The van der Waals surface area contributed by atoms with Gasteiger partial charge in [0.25, 0.3) is 5.91 Å². The highest BCUT2D eigenvalue weighted by Crippen LogP contribution is 2.38. The number of carbonyl (C=O) groups is 1. The molecule has 2 rings (SSSR count). The maximum atomic E-state index is 11.8. The third-order valence-corrected chi connectivity index (χ3v) is 3.15.